The molecule has 1 saturated carbocycles. The fraction of sp³-hybridized carbons (Fsp3) is 0.483. The van der Waals surface area contributed by atoms with Gasteiger partial charge in [0.25, 0.3) is 5.91 Å². The lowest BCUT2D eigenvalue weighted by molar-refractivity contribution is -0.121. The van der Waals surface area contributed by atoms with E-state index in [-0.39, 0.29) is 23.3 Å². The minimum atomic E-state index is -0.556. The van der Waals surface area contributed by atoms with Crippen LogP contribution in [0.4, 0.5) is 16.3 Å². The quantitative estimate of drug-likeness (QED) is 0.281. The number of furan rings is 1. The molecule has 4 rings (SSSR count). The zero-order chi connectivity index (χ0) is 29.6. The average Bonchev–Trinajstić information content (AvgIpc) is 3.30. The lowest BCUT2D eigenvalue weighted by Crippen LogP contribution is -2.39. The van der Waals surface area contributed by atoms with Crippen LogP contribution in [0.1, 0.15) is 63.4 Å². The van der Waals surface area contributed by atoms with Gasteiger partial charge in [-0.3, -0.25) is 14.6 Å². The second-order valence-electron chi connectivity index (χ2n) is 11.2. The lowest BCUT2D eigenvalue weighted by Gasteiger charge is -2.34. The molecule has 1 fully saturated rings. The van der Waals surface area contributed by atoms with Gasteiger partial charge in [-0.1, -0.05) is 11.6 Å². The predicted molar refractivity (Wildman–Crippen MR) is 157 cm³/mol. The summed E-state index contributed by atoms with van der Waals surface area (Å²) in [7, 11) is 2.07. The molecule has 41 heavy (non-hydrogen) atoms. The number of nitrogens with one attached hydrogen (secondary N) is 3. The van der Waals surface area contributed by atoms with Gasteiger partial charge >= 0.3 is 6.09 Å². The highest BCUT2D eigenvalue weighted by Crippen LogP contribution is 2.33. The van der Waals surface area contributed by atoms with Gasteiger partial charge in [0.1, 0.15) is 22.6 Å². The summed E-state index contributed by atoms with van der Waals surface area (Å²) in [6, 6.07) is 6.93. The molecule has 3 aromatic heterocycles. The van der Waals surface area contributed by atoms with Gasteiger partial charge in [-0.2, -0.15) is 0 Å². The molecule has 0 unspecified atom stereocenters. The van der Waals surface area contributed by atoms with Crippen molar-refractivity contribution in [2.24, 2.45) is 5.92 Å². The van der Waals surface area contributed by atoms with E-state index in [9.17, 15) is 14.4 Å². The third-order valence-corrected chi connectivity index (χ3v) is 7.14. The summed E-state index contributed by atoms with van der Waals surface area (Å²) in [4.78, 5) is 48.9. The van der Waals surface area contributed by atoms with Crippen LogP contribution in [0.25, 0.3) is 11.1 Å². The molecule has 0 atom stereocenters. The summed E-state index contributed by atoms with van der Waals surface area (Å²) in [5.74, 6) is -0.666. The summed E-state index contributed by atoms with van der Waals surface area (Å²) in [5.41, 5.74) is 0.524. The van der Waals surface area contributed by atoms with E-state index < -0.39 is 17.6 Å². The van der Waals surface area contributed by atoms with Crippen molar-refractivity contribution in [3.8, 4) is 0 Å². The average molecular weight is 585 g/mol. The minimum absolute atomic E-state index is 0.0442. The molecular weight excluding hydrogens is 548 g/mol. The summed E-state index contributed by atoms with van der Waals surface area (Å²) < 4.78 is 11.1. The Morgan fingerprint density at radius 2 is 1.85 bits per heavy atom. The predicted octanol–water partition coefficient (Wildman–Crippen LogP) is 5.47. The number of carbonyl (C=O) groups excluding carboxylic acids is 3. The van der Waals surface area contributed by atoms with E-state index in [0.717, 1.165) is 38.6 Å². The maximum Gasteiger partial charge on any atom is 0.407 e. The van der Waals surface area contributed by atoms with Crippen molar-refractivity contribution in [3.63, 3.8) is 0 Å². The molecule has 0 saturated heterocycles. The van der Waals surface area contributed by atoms with Crippen molar-refractivity contribution < 1.29 is 23.5 Å². The topological polar surface area (TPSA) is 139 Å². The fourth-order valence-electron chi connectivity index (χ4n) is 4.85. The summed E-state index contributed by atoms with van der Waals surface area (Å²) in [5, 5.41) is 8.84. The van der Waals surface area contributed by atoms with E-state index in [1.54, 1.807) is 30.5 Å². The Hall–Kier alpha value is -3.70. The number of carbonyl (C=O) groups is 3. The number of rotatable bonds is 9. The van der Waals surface area contributed by atoms with Crippen molar-refractivity contribution in [3.05, 3.63) is 47.4 Å². The molecular formula is C29H37ClN6O5. The number of alkyl carbamates (subject to hydrolysis) is 1. The highest BCUT2D eigenvalue weighted by Gasteiger charge is 2.31. The smallest absolute Gasteiger partial charge is 0.407 e. The van der Waals surface area contributed by atoms with E-state index in [4.69, 9.17) is 20.8 Å². The number of halogens is 1. The number of hydrogen-bond acceptors (Lipinski definition) is 8. The van der Waals surface area contributed by atoms with Crippen LogP contribution in [-0.2, 0) is 9.53 Å². The number of anilines is 2. The Balaban J connectivity index is 1.31. The van der Waals surface area contributed by atoms with Gasteiger partial charge in [-0.05, 0) is 90.7 Å². The number of fused-ring (bicyclic) bond motifs is 1. The first kappa shape index (κ1) is 30.3. The molecule has 12 heteroatoms. The van der Waals surface area contributed by atoms with Gasteiger partial charge in [0.05, 0.1) is 5.02 Å². The number of pyridine rings is 2. The SMILES string of the molecule is CN(CCCNC(=O)OC(C)(C)C)C1CCC(C(=O)Nc2c(C(=O)Nc3ccc(Cl)cn3)oc3cccnc23)CC1. The molecule has 0 aliphatic heterocycles. The Kier molecular flexibility index (Phi) is 9.82. The van der Waals surface area contributed by atoms with E-state index in [2.05, 4.69) is 37.9 Å². The van der Waals surface area contributed by atoms with Crippen LogP contribution in [0, 0.1) is 5.92 Å². The summed E-state index contributed by atoms with van der Waals surface area (Å²) >= 11 is 5.89. The molecule has 1 aliphatic rings. The second-order valence-corrected chi connectivity index (χ2v) is 11.7. The maximum atomic E-state index is 13.3. The van der Waals surface area contributed by atoms with Crippen LogP contribution in [0.3, 0.4) is 0 Å². The number of ether oxygens (including phenoxy) is 1. The summed E-state index contributed by atoms with van der Waals surface area (Å²) in [6.07, 6.45) is 6.58. The standard InChI is InChI=1S/C29H37ClN6O5/c1-29(2,3)41-28(39)32-15-6-16-36(4)20-11-8-18(9-12-20)26(37)35-24-23-21(7-5-14-31-23)40-25(24)27(38)34-22-13-10-19(30)17-33-22/h5,7,10,13-14,17-18,20H,6,8-9,11-12,15-16H2,1-4H3,(H,32,39)(H,35,37)(H,33,34,38). The lowest BCUT2D eigenvalue weighted by atomic mass is 9.84. The second kappa shape index (κ2) is 13.3. The van der Waals surface area contributed by atoms with Crippen LogP contribution in [-0.4, -0.2) is 64.6 Å². The van der Waals surface area contributed by atoms with Gasteiger partial charge in [0.2, 0.25) is 11.7 Å². The Labute approximate surface area is 244 Å². The number of hydrogen-bond donors (Lipinski definition) is 3. The van der Waals surface area contributed by atoms with Crippen LogP contribution in [0.2, 0.25) is 5.02 Å². The van der Waals surface area contributed by atoms with Gasteiger partial charge in [-0.25, -0.2) is 9.78 Å². The van der Waals surface area contributed by atoms with Crippen LogP contribution in [0.15, 0.2) is 41.1 Å². The first-order chi connectivity index (χ1) is 19.5. The van der Waals surface area contributed by atoms with Crippen LogP contribution >= 0.6 is 11.6 Å². The molecule has 0 spiro atoms. The largest absolute Gasteiger partial charge is 0.447 e. The molecule has 3 amide bonds. The van der Waals surface area contributed by atoms with Gasteiger partial charge in [-0.15, -0.1) is 0 Å². The first-order valence-electron chi connectivity index (χ1n) is 13.8. The third kappa shape index (κ3) is 8.40. The molecule has 0 bridgehead atoms. The normalized spacial score (nSPS) is 17.3. The van der Waals surface area contributed by atoms with Crippen molar-refractivity contribution in [2.75, 3.05) is 30.8 Å². The highest BCUT2D eigenvalue weighted by atomic mass is 35.5. The van der Waals surface area contributed by atoms with Gasteiger partial charge in [0.15, 0.2) is 5.58 Å². The van der Waals surface area contributed by atoms with E-state index >= 15 is 0 Å². The maximum absolute atomic E-state index is 13.3. The van der Waals surface area contributed by atoms with Crippen molar-refractivity contribution >= 4 is 52.1 Å². The number of amides is 3. The monoisotopic (exact) mass is 584 g/mol. The van der Waals surface area contributed by atoms with E-state index in [1.807, 2.05) is 20.8 Å². The van der Waals surface area contributed by atoms with Crippen molar-refractivity contribution in [1.82, 2.24) is 20.2 Å². The fourth-order valence-corrected chi connectivity index (χ4v) is 4.96. The molecule has 1 aliphatic carbocycles. The molecule has 3 heterocycles. The Bertz CT molecular complexity index is 1360. The van der Waals surface area contributed by atoms with E-state index in [0.29, 0.717) is 34.5 Å². The Morgan fingerprint density at radius 3 is 2.54 bits per heavy atom. The zero-order valence-electron chi connectivity index (χ0n) is 23.8. The molecule has 3 N–H and O–H groups in total. The molecule has 0 radical (unpaired) electrons. The zero-order valence-corrected chi connectivity index (χ0v) is 24.6. The minimum Gasteiger partial charge on any atom is -0.447 e. The number of nitrogens with zero attached hydrogens (tertiary/aromatic N) is 3. The number of aromatic nitrogens is 2. The highest BCUT2D eigenvalue weighted by molar-refractivity contribution is 6.30. The van der Waals surface area contributed by atoms with Crippen molar-refractivity contribution in [2.45, 2.75) is 64.5 Å². The van der Waals surface area contributed by atoms with E-state index in [1.165, 1.54) is 6.20 Å². The Morgan fingerprint density at radius 1 is 1.10 bits per heavy atom. The first-order valence-corrected chi connectivity index (χ1v) is 14.2. The molecule has 11 nitrogen and oxygen atoms in total. The van der Waals surface area contributed by atoms with Crippen LogP contribution < -0.4 is 16.0 Å². The third-order valence-electron chi connectivity index (χ3n) is 6.92. The van der Waals surface area contributed by atoms with Crippen LogP contribution in [0.5, 0.6) is 0 Å². The molecule has 220 valence electrons. The van der Waals surface area contributed by atoms with Gasteiger partial charge < -0.3 is 30.0 Å². The van der Waals surface area contributed by atoms with Crippen molar-refractivity contribution in [1.29, 1.82) is 0 Å². The molecule has 0 aromatic carbocycles. The molecule has 3 aromatic rings. The van der Waals surface area contributed by atoms with Gasteiger partial charge in [0, 0.05) is 30.9 Å². The summed E-state index contributed by atoms with van der Waals surface area (Å²) in [6.45, 7) is 6.86.